The topological polar surface area (TPSA) is 42.8 Å². The zero-order valence-corrected chi connectivity index (χ0v) is 31.7. The van der Waals surface area contributed by atoms with Gasteiger partial charge >= 0.3 is 0 Å². The van der Waals surface area contributed by atoms with Crippen LogP contribution in [-0.2, 0) is 0 Å². The van der Waals surface area contributed by atoms with Gasteiger partial charge in [0.25, 0.3) is 0 Å². The van der Waals surface area contributed by atoms with Crippen molar-refractivity contribution in [3.8, 4) is 5.69 Å². The largest absolute Gasteiger partial charge is 0.456 e. The summed E-state index contributed by atoms with van der Waals surface area (Å²) in [5, 5.41) is 11.6. The molecular weight excluding hydrogens is 707 g/mol. The van der Waals surface area contributed by atoms with Crippen LogP contribution in [0.2, 0.25) is 0 Å². The average molecular weight is 742 g/mol. The Morgan fingerprint density at radius 2 is 1.14 bits per heavy atom. The summed E-state index contributed by atoms with van der Waals surface area (Å²) in [7, 11) is 0. The van der Waals surface area contributed by atoms with Crippen molar-refractivity contribution in [1.82, 2.24) is 4.57 Å². The molecule has 1 atom stereocenters. The van der Waals surface area contributed by atoms with Crippen molar-refractivity contribution < 1.29 is 4.42 Å². The highest BCUT2D eigenvalue weighted by Gasteiger charge is 2.26. The number of aliphatic imine (C=N–C) groups is 2. The molecule has 0 amide bonds. The summed E-state index contributed by atoms with van der Waals surface area (Å²) in [6, 6.07) is 64.9. The highest BCUT2D eigenvalue weighted by atomic mass is 16.3. The first kappa shape index (κ1) is 32.7. The normalized spacial score (nSPS) is 14.8. The number of nitrogens with zero attached hydrogens (tertiary/aromatic N) is 3. The van der Waals surface area contributed by atoms with Crippen molar-refractivity contribution >= 4 is 93.3 Å². The SMILES string of the molecule is CC1C=C(c2ccc3oc4ccccc4c3c2-n2c3ccccc3c3cc4ccccc4cc32)N=C(c2cccc3ccccc23)N=C1c1ccc2ccccc2c1. The molecule has 1 aliphatic rings. The van der Waals surface area contributed by atoms with Crippen molar-refractivity contribution in [1.29, 1.82) is 0 Å². The predicted octanol–water partition coefficient (Wildman–Crippen LogP) is 14.1. The maximum atomic E-state index is 6.63. The Balaban J connectivity index is 1.19. The lowest BCUT2D eigenvalue weighted by Crippen LogP contribution is -2.13. The smallest absolute Gasteiger partial charge is 0.160 e. The van der Waals surface area contributed by atoms with Gasteiger partial charge in [0.05, 0.1) is 33.5 Å². The molecule has 1 aliphatic heterocycles. The van der Waals surface area contributed by atoms with E-state index in [-0.39, 0.29) is 5.92 Å². The summed E-state index contributed by atoms with van der Waals surface area (Å²) in [6.07, 6.45) is 2.31. The Labute approximate surface area is 334 Å². The fraction of sp³-hybridized carbons (Fsp3) is 0.0370. The second-order valence-corrected chi connectivity index (χ2v) is 15.4. The Morgan fingerprint density at radius 1 is 0.466 bits per heavy atom. The molecule has 11 aromatic rings. The molecule has 3 heterocycles. The number of fused-ring (bicyclic) bond motifs is 9. The number of para-hydroxylation sites is 2. The van der Waals surface area contributed by atoms with E-state index in [9.17, 15) is 0 Å². The van der Waals surface area contributed by atoms with E-state index in [1.54, 1.807) is 0 Å². The zero-order valence-electron chi connectivity index (χ0n) is 31.7. The van der Waals surface area contributed by atoms with Crippen LogP contribution >= 0.6 is 0 Å². The van der Waals surface area contributed by atoms with Crippen molar-refractivity contribution in [3.05, 3.63) is 205 Å². The minimum atomic E-state index is -0.0703. The van der Waals surface area contributed by atoms with Crippen LogP contribution in [0.15, 0.2) is 202 Å². The van der Waals surface area contributed by atoms with Crippen LogP contribution in [0.4, 0.5) is 0 Å². The summed E-state index contributed by atoms with van der Waals surface area (Å²) >= 11 is 0. The van der Waals surface area contributed by atoms with Crippen LogP contribution in [0.25, 0.3) is 87.4 Å². The van der Waals surface area contributed by atoms with Crippen LogP contribution < -0.4 is 0 Å². The number of hydrogen-bond donors (Lipinski definition) is 0. The van der Waals surface area contributed by atoms with Gasteiger partial charge in [-0.05, 0) is 86.4 Å². The Kier molecular flexibility index (Phi) is 7.17. The second kappa shape index (κ2) is 12.7. The molecule has 2 aromatic heterocycles. The molecule has 4 nitrogen and oxygen atoms in total. The van der Waals surface area contributed by atoms with Gasteiger partial charge in [0.1, 0.15) is 11.2 Å². The standard InChI is InChI=1S/C54H35N3O/c1-33-29-46(55-54(42-22-12-18-35-14-6-7-19-40(35)42)56-52(33)39-26-25-34-13-2-3-15-36(34)30-39)43-27-28-50-51(44-21-9-11-24-49(44)58-50)53(43)57-47-23-10-8-20-41(47)45-31-37-16-4-5-17-38(37)32-48(45)57/h2-33H,1H3. The third-order valence-electron chi connectivity index (χ3n) is 11.9. The predicted molar refractivity (Wildman–Crippen MR) is 244 cm³/mol. The Bertz CT molecular complexity index is 3590. The summed E-state index contributed by atoms with van der Waals surface area (Å²) in [5.41, 5.74) is 9.92. The fourth-order valence-corrected chi connectivity index (χ4v) is 9.21. The summed E-state index contributed by atoms with van der Waals surface area (Å²) in [6.45, 7) is 2.24. The number of aromatic nitrogens is 1. The molecule has 1 unspecified atom stereocenters. The zero-order chi connectivity index (χ0) is 38.3. The molecule has 0 N–H and O–H groups in total. The lowest BCUT2D eigenvalue weighted by molar-refractivity contribution is 0.669. The van der Waals surface area contributed by atoms with Gasteiger partial charge in [0, 0.05) is 33.2 Å². The lowest BCUT2D eigenvalue weighted by Gasteiger charge is -2.17. The first-order valence-electron chi connectivity index (χ1n) is 19.9. The van der Waals surface area contributed by atoms with E-state index in [0.717, 1.165) is 77.5 Å². The van der Waals surface area contributed by atoms with Crippen LogP contribution in [0.3, 0.4) is 0 Å². The Morgan fingerprint density at radius 3 is 1.98 bits per heavy atom. The lowest BCUT2D eigenvalue weighted by atomic mass is 9.93. The molecule has 0 fully saturated rings. The maximum absolute atomic E-state index is 6.63. The van der Waals surface area contributed by atoms with E-state index in [4.69, 9.17) is 14.4 Å². The fourth-order valence-electron chi connectivity index (χ4n) is 9.21. The van der Waals surface area contributed by atoms with Crippen LogP contribution in [-0.4, -0.2) is 16.1 Å². The number of rotatable bonds is 4. The summed E-state index contributed by atoms with van der Waals surface area (Å²) < 4.78 is 9.08. The molecule has 4 heteroatoms. The summed E-state index contributed by atoms with van der Waals surface area (Å²) in [4.78, 5) is 11.2. The molecule has 0 saturated heterocycles. The van der Waals surface area contributed by atoms with E-state index in [2.05, 4.69) is 193 Å². The number of furan rings is 1. The minimum Gasteiger partial charge on any atom is -0.456 e. The number of amidine groups is 1. The van der Waals surface area contributed by atoms with Crippen molar-refractivity contribution in [2.24, 2.45) is 15.9 Å². The van der Waals surface area contributed by atoms with Gasteiger partial charge in [-0.3, -0.25) is 0 Å². The van der Waals surface area contributed by atoms with Crippen LogP contribution in [0.1, 0.15) is 23.6 Å². The van der Waals surface area contributed by atoms with Gasteiger partial charge < -0.3 is 8.98 Å². The van der Waals surface area contributed by atoms with Gasteiger partial charge in [0.2, 0.25) is 0 Å². The van der Waals surface area contributed by atoms with E-state index in [0.29, 0.717) is 5.84 Å². The molecule has 0 aliphatic carbocycles. The van der Waals surface area contributed by atoms with E-state index < -0.39 is 0 Å². The van der Waals surface area contributed by atoms with Gasteiger partial charge in [-0.2, -0.15) is 0 Å². The van der Waals surface area contributed by atoms with Gasteiger partial charge in [-0.1, -0.05) is 146 Å². The monoisotopic (exact) mass is 741 g/mol. The highest BCUT2D eigenvalue weighted by molar-refractivity contribution is 6.22. The molecule has 0 saturated carbocycles. The second-order valence-electron chi connectivity index (χ2n) is 15.4. The average Bonchev–Trinajstić information content (AvgIpc) is 3.75. The first-order chi connectivity index (χ1) is 28.7. The van der Waals surface area contributed by atoms with Crippen LogP contribution in [0, 0.1) is 5.92 Å². The van der Waals surface area contributed by atoms with E-state index in [1.165, 1.54) is 32.3 Å². The van der Waals surface area contributed by atoms with Crippen molar-refractivity contribution in [3.63, 3.8) is 0 Å². The molecule has 58 heavy (non-hydrogen) atoms. The summed E-state index contributed by atoms with van der Waals surface area (Å²) in [5.74, 6) is 0.617. The van der Waals surface area contributed by atoms with E-state index in [1.807, 2.05) is 6.07 Å². The first-order valence-corrected chi connectivity index (χ1v) is 19.9. The molecule has 0 spiro atoms. The van der Waals surface area contributed by atoms with Crippen molar-refractivity contribution in [2.45, 2.75) is 6.92 Å². The Hall–Kier alpha value is -7.56. The number of hydrogen-bond acceptors (Lipinski definition) is 3. The minimum absolute atomic E-state index is 0.0703. The molecule has 12 rings (SSSR count). The molecule has 272 valence electrons. The molecule has 0 radical (unpaired) electrons. The van der Waals surface area contributed by atoms with E-state index >= 15 is 0 Å². The quantitative estimate of drug-likeness (QED) is 0.177. The molecular formula is C54H35N3O. The van der Waals surface area contributed by atoms with Crippen molar-refractivity contribution in [2.75, 3.05) is 0 Å². The maximum Gasteiger partial charge on any atom is 0.160 e. The third-order valence-corrected chi connectivity index (χ3v) is 11.9. The molecule has 0 bridgehead atoms. The third kappa shape index (κ3) is 5.01. The highest BCUT2D eigenvalue weighted by Crippen LogP contribution is 2.44. The number of allylic oxidation sites excluding steroid dienone is 1. The van der Waals surface area contributed by atoms with Gasteiger partial charge in [-0.15, -0.1) is 0 Å². The van der Waals surface area contributed by atoms with Gasteiger partial charge in [0.15, 0.2) is 5.84 Å². The molecule has 9 aromatic carbocycles. The van der Waals surface area contributed by atoms with Gasteiger partial charge in [-0.25, -0.2) is 9.98 Å². The number of benzene rings is 9. The van der Waals surface area contributed by atoms with Crippen LogP contribution in [0.5, 0.6) is 0 Å².